The van der Waals surface area contributed by atoms with Crippen LogP contribution < -0.4 is 21.3 Å². The number of carboxylic acids is 3. The van der Waals surface area contributed by atoms with Crippen molar-refractivity contribution < 1.29 is 208 Å². The number of rotatable bonds is 68. The van der Waals surface area contributed by atoms with Crippen LogP contribution in [0.1, 0.15) is 273 Å². The molecule has 6 rings (SSSR count). The van der Waals surface area contributed by atoms with E-state index in [-0.39, 0.29) is 12.8 Å². The molecule has 6 heterocycles. The lowest BCUT2D eigenvalue weighted by Crippen LogP contribution is -2.72. The van der Waals surface area contributed by atoms with Gasteiger partial charge in [-0.15, -0.1) is 0 Å². The first-order chi connectivity index (χ1) is 66.6. The highest BCUT2D eigenvalue weighted by molar-refractivity contribution is 5.79. The highest BCUT2D eigenvalue weighted by Gasteiger charge is 2.65. The zero-order valence-corrected chi connectivity index (χ0v) is 81.5. The molecule has 812 valence electrons. The van der Waals surface area contributed by atoms with Gasteiger partial charge in [-0.2, -0.15) is 0 Å². The zero-order valence-electron chi connectivity index (χ0n) is 81.5. The van der Waals surface area contributed by atoms with E-state index in [9.17, 15) is 151 Å². The maximum atomic E-state index is 14.5. The van der Waals surface area contributed by atoms with Crippen LogP contribution in [0, 0.1) is 5.92 Å². The van der Waals surface area contributed by atoms with E-state index in [1.54, 1.807) is 0 Å². The van der Waals surface area contributed by atoms with Crippen molar-refractivity contribution in [3.05, 3.63) is 12.2 Å². The fourth-order valence-electron chi connectivity index (χ4n) is 19.0. The number of amides is 4. The molecule has 26 N–H and O–H groups in total. The monoisotopic (exact) mass is 2020 g/mol. The number of ether oxygens (including phenoxy) is 12. The second-order valence-corrected chi connectivity index (χ2v) is 38.2. The second kappa shape index (κ2) is 62.6. The topological polar surface area (TPSA) is 741 Å². The smallest absolute Gasteiger partial charge is 0.364 e. The molecule has 0 aromatic rings. The summed E-state index contributed by atoms with van der Waals surface area (Å²) in [4.78, 5) is 107. The predicted octanol–water partition coefficient (Wildman–Crippen LogP) is -1.87. The van der Waals surface area contributed by atoms with E-state index < -0.39 is 332 Å². The molecule has 46 nitrogen and oxygen atoms in total. The molecular weight excluding hydrogens is 1860 g/mol. The van der Waals surface area contributed by atoms with Crippen molar-refractivity contribution in [2.75, 3.05) is 46.2 Å². The highest BCUT2D eigenvalue weighted by atomic mass is 16.8. The van der Waals surface area contributed by atoms with Crippen molar-refractivity contribution in [2.24, 2.45) is 5.92 Å². The Hall–Kier alpha value is -5.54. The van der Waals surface area contributed by atoms with E-state index in [1.807, 2.05) is 0 Å². The summed E-state index contributed by atoms with van der Waals surface area (Å²) in [6.07, 6.45) is -29.1. The number of aliphatic carboxylic acids is 3. The Morgan fingerprint density at radius 2 is 0.779 bits per heavy atom. The van der Waals surface area contributed by atoms with Gasteiger partial charge in [0.2, 0.25) is 23.6 Å². The number of hydrogen-bond acceptors (Lipinski definition) is 39. The van der Waals surface area contributed by atoms with Crippen molar-refractivity contribution in [3.8, 4) is 0 Å². The van der Waals surface area contributed by atoms with Crippen LogP contribution in [0.4, 0.5) is 0 Å². The van der Waals surface area contributed by atoms with Crippen molar-refractivity contribution in [1.82, 2.24) is 21.3 Å². The molecule has 6 aliphatic heterocycles. The van der Waals surface area contributed by atoms with Gasteiger partial charge in [0, 0.05) is 58.8 Å². The minimum Gasteiger partial charge on any atom is -0.477 e. The normalized spacial score (nSPS) is 33.4. The first-order valence-corrected chi connectivity index (χ1v) is 50.0. The SMILES string of the molecule is CCCCCCCCC=CCCCCCCCCCCCC(=O)NC(COC1OC(CO)C(OC2OC(CO)C(OC3OC(CO)C(O)C(O)C3CC(C)=O)C(OC3(C(=O)O)CC(O)C(NC(C)=O)C(C(O)C(CO)OC4(C(=O)O)CC(O)C(NC(C)=O)C(C(O)C(CO)OC5(C(=O)O)CC(O)C(NC(C)=O)C(C(O)C(O)CO)O5)O4)O3)C2O)C(O)C1O)C(O)CCCCCCCCCCCCCCC. The number of aliphatic hydroxyl groups excluding tert-OH is 19. The third kappa shape index (κ3) is 36.5. The summed E-state index contributed by atoms with van der Waals surface area (Å²) in [5.74, 6) is -23.5. The summed E-state index contributed by atoms with van der Waals surface area (Å²) in [5.41, 5.74) is 0. The van der Waals surface area contributed by atoms with Crippen LogP contribution in [0.25, 0.3) is 0 Å². The average Bonchev–Trinajstić information content (AvgIpc) is 0.752. The number of unbranched alkanes of at least 4 members (excludes halogenated alkanes) is 27. The van der Waals surface area contributed by atoms with E-state index in [0.29, 0.717) is 12.8 Å². The van der Waals surface area contributed by atoms with E-state index in [4.69, 9.17) is 56.8 Å². The number of carbonyl (C=O) groups excluding carboxylic acids is 5. The summed E-state index contributed by atoms with van der Waals surface area (Å²) in [6, 6.07) is -7.20. The van der Waals surface area contributed by atoms with Gasteiger partial charge in [0.05, 0.1) is 101 Å². The van der Waals surface area contributed by atoms with Gasteiger partial charge in [-0.05, 0) is 45.4 Å². The van der Waals surface area contributed by atoms with Crippen LogP contribution in [0.15, 0.2) is 12.2 Å². The molecule has 4 amide bonds. The van der Waals surface area contributed by atoms with E-state index in [0.717, 1.165) is 130 Å². The lowest BCUT2D eigenvalue weighted by molar-refractivity contribution is -0.404. The fraction of sp³-hybridized carbons (Fsp3) is 0.894. The van der Waals surface area contributed by atoms with Crippen LogP contribution >= 0.6 is 0 Å². The van der Waals surface area contributed by atoms with Crippen molar-refractivity contribution >= 4 is 47.3 Å². The summed E-state index contributed by atoms with van der Waals surface area (Å²) in [5, 5.41) is 262. The molecule has 0 aromatic heterocycles. The molecule has 6 aliphatic rings. The molecule has 35 atom stereocenters. The Morgan fingerprint density at radius 3 is 1.19 bits per heavy atom. The number of carboxylic acid groups (broad SMARTS) is 3. The molecule has 0 bridgehead atoms. The molecule has 0 saturated carbocycles. The highest BCUT2D eigenvalue weighted by Crippen LogP contribution is 2.45. The van der Waals surface area contributed by atoms with Gasteiger partial charge in [0.1, 0.15) is 122 Å². The first kappa shape index (κ1) is 123. The molecular formula is C94H164N4O42. The Kier molecular flexibility index (Phi) is 55.0. The number of carbonyl (C=O) groups is 8. The number of Topliss-reactive ketones (excluding diaryl/α,β-unsaturated/α-hetero) is 1. The van der Waals surface area contributed by atoms with Gasteiger partial charge in [-0.3, -0.25) is 19.2 Å². The van der Waals surface area contributed by atoms with Crippen LogP contribution in [0.2, 0.25) is 0 Å². The van der Waals surface area contributed by atoms with Crippen LogP contribution in [-0.2, 0) is 95.2 Å². The number of ketones is 1. The molecule has 0 radical (unpaired) electrons. The van der Waals surface area contributed by atoms with E-state index in [1.165, 1.54) is 77.0 Å². The molecule has 140 heavy (non-hydrogen) atoms. The lowest BCUT2D eigenvalue weighted by Gasteiger charge is -2.53. The third-order valence-electron chi connectivity index (χ3n) is 26.8. The molecule has 6 saturated heterocycles. The molecule has 0 aliphatic carbocycles. The molecule has 46 heteroatoms. The van der Waals surface area contributed by atoms with Crippen LogP contribution in [0.5, 0.6) is 0 Å². The van der Waals surface area contributed by atoms with Gasteiger partial charge in [-0.25, -0.2) is 14.4 Å². The molecule has 35 unspecified atom stereocenters. The average molecular weight is 2020 g/mol. The number of aliphatic hydroxyl groups is 19. The van der Waals surface area contributed by atoms with Crippen molar-refractivity contribution in [3.63, 3.8) is 0 Å². The summed E-state index contributed by atoms with van der Waals surface area (Å²) in [7, 11) is 0. The molecule has 0 aromatic carbocycles. The Bertz CT molecular complexity index is 3640. The fourth-order valence-corrected chi connectivity index (χ4v) is 19.0. The lowest BCUT2D eigenvalue weighted by atomic mass is 9.86. The summed E-state index contributed by atoms with van der Waals surface area (Å²) in [6.45, 7) is -0.508. The molecule has 6 fully saturated rings. The first-order valence-electron chi connectivity index (χ1n) is 50.0. The minimum absolute atomic E-state index is 0.101. The van der Waals surface area contributed by atoms with Gasteiger partial charge >= 0.3 is 17.9 Å². The number of allylic oxidation sites excluding steroid dienone is 2. The van der Waals surface area contributed by atoms with Crippen molar-refractivity contribution in [1.29, 1.82) is 0 Å². The van der Waals surface area contributed by atoms with Gasteiger partial charge < -0.3 is 195 Å². The van der Waals surface area contributed by atoms with Gasteiger partial charge in [-0.1, -0.05) is 187 Å². The van der Waals surface area contributed by atoms with Crippen molar-refractivity contribution in [2.45, 2.75) is 480 Å². The number of nitrogens with one attached hydrogen (secondary N) is 4. The maximum absolute atomic E-state index is 14.5. The largest absolute Gasteiger partial charge is 0.477 e. The summed E-state index contributed by atoms with van der Waals surface area (Å²) >= 11 is 0. The van der Waals surface area contributed by atoms with E-state index in [2.05, 4.69) is 47.3 Å². The number of hydrogen-bond donors (Lipinski definition) is 26. The molecule has 0 spiro atoms. The standard InChI is InChI=1S/C94H164N4O42/c1-7-9-11-13-15-17-19-21-22-23-24-25-26-28-30-32-34-36-38-40-68(114)98-57(58(109)39-37-35-33-31-29-27-20-18-16-14-12-10-8-2)51-129-87-78(121)77(120)80(66(49-103)131-87)133-88-79(122)85(81(67(50-104)132-88)134-86-56(41-52(3)105)72(115)74(117)63(46-100)130-86)140-94(91(127)128)44-61(112)71(97-55(6)108)84(139-94)76(119)65(48-102)136-93(90(125)126)43-60(111)70(96-54(5)107)83(138-93)75(118)64(47-101)135-92(89(123)124)42-59(110)69(95-53(4)106)82(137-92)73(116)62(113)45-99/h21-22,56-67,69-88,99-104,109-113,115-122H,7-20,23-51H2,1-6H3,(H,95,106)(H,96,107)(H,97,108)(H,98,114)(H,123,124)(H,125,126)(H,127,128). The van der Waals surface area contributed by atoms with Crippen LogP contribution in [0.3, 0.4) is 0 Å². The predicted molar refractivity (Wildman–Crippen MR) is 488 cm³/mol. The zero-order chi connectivity index (χ0) is 104. The Balaban J connectivity index is 1.29. The van der Waals surface area contributed by atoms with Gasteiger partial charge in [0.15, 0.2) is 18.9 Å². The minimum atomic E-state index is -3.71. The second-order valence-electron chi connectivity index (χ2n) is 38.2. The Morgan fingerprint density at radius 1 is 0.400 bits per heavy atom. The quantitative estimate of drug-likeness (QED) is 0.0234. The maximum Gasteiger partial charge on any atom is 0.364 e. The Labute approximate surface area is 816 Å². The van der Waals surface area contributed by atoms with E-state index >= 15 is 0 Å². The van der Waals surface area contributed by atoms with Gasteiger partial charge in [0.25, 0.3) is 17.4 Å². The third-order valence-corrected chi connectivity index (χ3v) is 26.8. The van der Waals surface area contributed by atoms with Crippen LogP contribution in [-0.4, -0.2) is 413 Å². The summed E-state index contributed by atoms with van der Waals surface area (Å²) < 4.78 is 72.1.